The van der Waals surface area contributed by atoms with Gasteiger partial charge >= 0.3 is 0 Å². The van der Waals surface area contributed by atoms with Crippen molar-refractivity contribution in [3.05, 3.63) is 0 Å². The van der Waals surface area contributed by atoms with E-state index in [0.717, 1.165) is 19.3 Å². The standard InChI is InChI=1S/C11H18N2O2/c1-6(14)12-10-4-9-3-8(10)5-11(9)13-7(2)15/h8-11H,3-5H2,1-2H3,(H,12,14)(H,13,15). The van der Waals surface area contributed by atoms with Crippen LogP contribution in [0, 0.1) is 11.8 Å². The molecule has 2 bridgehead atoms. The second-order valence-electron chi connectivity index (χ2n) is 4.84. The zero-order valence-corrected chi connectivity index (χ0v) is 9.25. The predicted molar refractivity (Wildman–Crippen MR) is 56.0 cm³/mol. The Morgan fingerprint density at radius 1 is 0.867 bits per heavy atom. The van der Waals surface area contributed by atoms with Crippen LogP contribution >= 0.6 is 0 Å². The first-order valence-corrected chi connectivity index (χ1v) is 5.60. The van der Waals surface area contributed by atoms with Crippen LogP contribution in [0.25, 0.3) is 0 Å². The fourth-order valence-corrected chi connectivity index (χ4v) is 3.15. The van der Waals surface area contributed by atoms with Gasteiger partial charge in [-0.3, -0.25) is 9.59 Å². The SMILES string of the molecule is CC(=O)NC1CC2CC1CC2NC(C)=O. The van der Waals surface area contributed by atoms with E-state index in [2.05, 4.69) is 10.6 Å². The molecule has 0 spiro atoms. The van der Waals surface area contributed by atoms with Crippen molar-refractivity contribution in [2.45, 2.75) is 45.2 Å². The summed E-state index contributed by atoms with van der Waals surface area (Å²) in [6, 6.07) is 0.690. The normalized spacial score (nSPS) is 37.7. The summed E-state index contributed by atoms with van der Waals surface area (Å²) in [5.74, 6) is 1.25. The van der Waals surface area contributed by atoms with Gasteiger partial charge < -0.3 is 10.6 Å². The largest absolute Gasteiger partial charge is 0.353 e. The first kappa shape index (κ1) is 10.5. The molecular weight excluding hydrogens is 192 g/mol. The molecule has 4 unspecified atom stereocenters. The second-order valence-corrected chi connectivity index (χ2v) is 4.84. The summed E-state index contributed by atoms with van der Waals surface area (Å²) < 4.78 is 0. The van der Waals surface area contributed by atoms with Crippen molar-refractivity contribution in [3.8, 4) is 0 Å². The van der Waals surface area contributed by atoms with Crippen molar-refractivity contribution in [1.82, 2.24) is 10.6 Å². The summed E-state index contributed by atoms with van der Waals surface area (Å²) in [7, 11) is 0. The molecule has 0 aromatic carbocycles. The van der Waals surface area contributed by atoms with Gasteiger partial charge in [-0.15, -0.1) is 0 Å². The average Bonchev–Trinajstić information content (AvgIpc) is 2.60. The van der Waals surface area contributed by atoms with Gasteiger partial charge in [-0.2, -0.15) is 0 Å². The molecule has 15 heavy (non-hydrogen) atoms. The number of nitrogens with one attached hydrogen (secondary N) is 2. The molecule has 0 heterocycles. The molecule has 84 valence electrons. The smallest absolute Gasteiger partial charge is 0.217 e. The summed E-state index contributed by atoms with van der Waals surface area (Å²) in [5, 5.41) is 5.99. The van der Waals surface area contributed by atoms with E-state index in [-0.39, 0.29) is 11.8 Å². The Hall–Kier alpha value is -1.06. The fourth-order valence-electron chi connectivity index (χ4n) is 3.15. The van der Waals surface area contributed by atoms with Crippen LogP contribution in [-0.2, 0) is 9.59 Å². The Labute approximate surface area is 89.8 Å². The maximum atomic E-state index is 11.0. The van der Waals surface area contributed by atoms with E-state index in [1.165, 1.54) is 0 Å². The third-order valence-electron chi connectivity index (χ3n) is 3.63. The minimum atomic E-state index is 0.0589. The summed E-state index contributed by atoms with van der Waals surface area (Å²) in [6.07, 6.45) is 3.19. The zero-order chi connectivity index (χ0) is 11.0. The molecule has 0 aliphatic heterocycles. The van der Waals surface area contributed by atoms with Crippen LogP contribution in [0.3, 0.4) is 0 Å². The lowest BCUT2D eigenvalue weighted by molar-refractivity contribution is -0.121. The Morgan fingerprint density at radius 3 is 1.53 bits per heavy atom. The number of hydrogen-bond donors (Lipinski definition) is 2. The predicted octanol–water partition coefficient (Wildman–Crippen LogP) is 0.426. The number of carbonyl (C=O) groups excluding carboxylic acids is 2. The van der Waals surface area contributed by atoms with Gasteiger partial charge in [0.1, 0.15) is 0 Å². The molecule has 2 fully saturated rings. The molecule has 2 saturated carbocycles. The molecule has 2 N–H and O–H groups in total. The molecule has 4 atom stereocenters. The number of amides is 2. The quantitative estimate of drug-likeness (QED) is 0.694. The first-order chi connectivity index (χ1) is 7.06. The maximum Gasteiger partial charge on any atom is 0.217 e. The van der Waals surface area contributed by atoms with Crippen LogP contribution in [0.5, 0.6) is 0 Å². The monoisotopic (exact) mass is 210 g/mol. The molecule has 2 aliphatic carbocycles. The molecule has 0 aromatic rings. The molecule has 0 radical (unpaired) electrons. The highest BCUT2D eigenvalue weighted by atomic mass is 16.2. The van der Waals surface area contributed by atoms with Crippen molar-refractivity contribution in [2.75, 3.05) is 0 Å². The van der Waals surface area contributed by atoms with Crippen LogP contribution in [0.15, 0.2) is 0 Å². The third-order valence-corrected chi connectivity index (χ3v) is 3.63. The maximum absolute atomic E-state index is 11.0. The van der Waals surface area contributed by atoms with Gasteiger partial charge in [0.25, 0.3) is 0 Å². The molecule has 4 heteroatoms. The van der Waals surface area contributed by atoms with Crippen molar-refractivity contribution < 1.29 is 9.59 Å². The van der Waals surface area contributed by atoms with Gasteiger partial charge in [-0.05, 0) is 31.1 Å². The van der Waals surface area contributed by atoms with Crippen molar-refractivity contribution in [3.63, 3.8) is 0 Å². The van der Waals surface area contributed by atoms with Crippen molar-refractivity contribution in [1.29, 1.82) is 0 Å². The van der Waals surface area contributed by atoms with Gasteiger partial charge in [-0.25, -0.2) is 0 Å². The summed E-state index contributed by atoms with van der Waals surface area (Å²) in [6.45, 7) is 3.13. The summed E-state index contributed by atoms with van der Waals surface area (Å²) >= 11 is 0. The van der Waals surface area contributed by atoms with E-state index in [9.17, 15) is 9.59 Å². The van der Waals surface area contributed by atoms with Crippen LogP contribution in [-0.4, -0.2) is 23.9 Å². The molecular formula is C11H18N2O2. The first-order valence-electron chi connectivity index (χ1n) is 5.60. The lowest BCUT2D eigenvalue weighted by Gasteiger charge is -2.28. The molecule has 2 rings (SSSR count). The lowest BCUT2D eigenvalue weighted by Crippen LogP contribution is -2.44. The number of hydrogen-bond acceptors (Lipinski definition) is 2. The van der Waals surface area contributed by atoms with E-state index >= 15 is 0 Å². The Kier molecular flexibility index (Phi) is 2.67. The van der Waals surface area contributed by atoms with E-state index in [0.29, 0.717) is 23.9 Å². The molecule has 0 aromatic heterocycles. The van der Waals surface area contributed by atoms with E-state index < -0.39 is 0 Å². The fraction of sp³-hybridized carbons (Fsp3) is 0.818. The minimum absolute atomic E-state index is 0.0589. The Morgan fingerprint density at radius 2 is 1.27 bits per heavy atom. The van der Waals surface area contributed by atoms with Gasteiger partial charge in [-0.1, -0.05) is 0 Å². The molecule has 2 amide bonds. The number of rotatable bonds is 2. The Balaban J connectivity index is 1.88. The highest BCUT2D eigenvalue weighted by Gasteiger charge is 2.46. The van der Waals surface area contributed by atoms with Crippen molar-refractivity contribution >= 4 is 11.8 Å². The van der Waals surface area contributed by atoms with E-state index in [4.69, 9.17) is 0 Å². The highest BCUT2D eigenvalue weighted by Crippen LogP contribution is 2.44. The van der Waals surface area contributed by atoms with Gasteiger partial charge in [0.15, 0.2) is 0 Å². The van der Waals surface area contributed by atoms with Crippen molar-refractivity contribution in [2.24, 2.45) is 11.8 Å². The molecule has 0 saturated heterocycles. The van der Waals surface area contributed by atoms with E-state index in [1.807, 2.05) is 0 Å². The summed E-state index contributed by atoms with van der Waals surface area (Å²) in [5.41, 5.74) is 0. The van der Waals surface area contributed by atoms with Gasteiger partial charge in [0, 0.05) is 25.9 Å². The van der Waals surface area contributed by atoms with E-state index in [1.54, 1.807) is 13.8 Å². The number of carbonyl (C=O) groups is 2. The van der Waals surface area contributed by atoms with Crippen LogP contribution in [0.2, 0.25) is 0 Å². The lowest BCUT2D eigenvalue weighted by atomic mass is 9.91. The Bertz CT molecular complexity index is 262. The number of fused-ring (bicyclic) bond motifs is 2. The summed E-state index contributed by atoms with van der Waals surface area (Å²) in [4.78, 5) is 21.9. The average molecular weight is 210 g/mol. The van der Waals surface area contributed by atoms with Crippen LogP contribution < -0.4 is 10.6 Å². The van der Waals surface area contributed by atoms with Gasteiger partial charge in [0.05, 0.1) is 0 Å². The highest BCUT2D eigenvalue weighted by molar-refractivity contribution is 5.74. The zero-order valence-electron chi connectivity index (χ0n) is 9.25. The minimum Gasteiger partial charge on any atom is -0.353 e. The second kappa shape index (κ2) is 3.83. The third kappa shape index (κ3) is 2.13. The molecule has 4 nitrogen and oxygen atoms in total. The van der Waals surface area contributed by atoms with Crippen LogP contribution in [0.1, 0.15) is 33.1 Å². The van der Waals surface area contributed by atoms with Crippen LogP contribution in [0.4, 0.5) is 0 Å². The topological polar surface area (TPSA) is 58.2 Å². The molecule has 2 aliphatic rings. The van der Waals surface area contributed by atoms with Gasteiger partial charge in [0.2, 0.25) is 11.8 Å².